The first kappa shape index (κ1) is 19.4. The Labute approximate surface area is 128 Å². The number of carboxylic acid groups (broad SMARTS) is 1. The number of aliphatic hydroxyl groups is 1. The van der Waals surface area contributed by atoms with E-state index in [1.165, 1.54) is 19.3 Å². The number of allylic oxidation sites excluding steroid dienone is 6. The van der Waals surface area contributed by atoms with E-state index in [2.05, 4.69) is 13.0 Å². The van der Waals surface area contributed by atoms with Crippen LogP contribution in [-0.4, -0.2) is 22.3 Å². The summed E-state index contributed by atoms with van der Waals surface area (Å²) in [6.07, 6.45) is 20.7. The molecule has 0 aromatic carbocycles. The van der Waals surface area contributed by atoms with Crippen molar-refractivity contribution in [1.29, 1.82) is 0 Å². The number of aliphatic carboxylic acids is 1. The average Bonchev–Trinajstić information content (AvgIpc) is 2.45. The Morgan fingerprint density at radius 3 is 2.48 bits per heavy atom. The largest absolute Gasteiger partial charge is 0.481 e. The summed E-state index contributed by atoms with van der Waals surface area (Å²) in [6.45, 7) is 2.19. The summed E-state index contributed by atoms with van der Waals surface area (Å²) in [4.78, 5) is 10.3. The minimum absolute atomic E-state index is 0.156. The van der Waals surface area contributed by atoms with Crippen molar-refractivity contribution in [2.75, 3.05) is 0 Å². The summed E-state index contributed by atoms with van der Waals surface area (Å²) in [5.41, 5.74) is 0. The van der Waals surface area contributed by atoms with Crippen molar-refractivity contribution in [2.45, 2.75) is 58.0 Å². The zero-order chi connectivity index (χ0) is 15.8. The highest BCUT2D eigenvalue weighted by atomic mass is 16.4. The molecule has 0 spiro atoms. The van der Waals surface area contributed by atoms with Crippen molar-refractivity contribution in [1.82, 2.24) is 0 Å². The Kier molecular flexibility index (Phi) is 13.7. The molecule has 0 aliphatic carbocycles. The number of hydrogen-bond donors (Lipinski definition) is 2. The van der Waals surface area contributed by atoms with Gasteiger partial charge in [0.2, 0.25) is 0 Å². The smallest absolute Gasteiger partial charge is 0.303 e. The van der Waals surface area contributed by atoms with E-state index in [1.54, 1.807) is 12.2 Å². The number of aliphatic hydroxyl groups excluding tert-OH is 1. The number of carboxylic acids is 1. The Balaban J connectivity index is 3.69. The zero-order valence-electron chi connectivity index (χ0n) is 12.9. The van der Waals surface area contributed by atoms with Crippen LogP contribution in [0.4, 0.5) is 0 Å². The number of hydrogen-bond acceptors (Lipinski definition) is 2. The van der Waals surface area contributed by atoms with Gasteiger partial charge in [-0.25, -0.2) is 0 Å². The van der Waals surface area contributed by atoms with Gasteiger partial charge in [0, 0.05) is 6.42 Å². The van der Waals surface area contributed by atoms with Gasteiger partial charge in [-0.05, 0) is 25.7 Å². The van der Waals surface area contributed by atoms with E-state index in [0.29, 0.717) is 12.8 Å². The van der Waals surface area contributed by atoms with Gasteiger partial charge >= 0.3 is 5.97 Å². The highest BCUT2D eigenvalue weighted by Crippen LogP contribution is 2.02. The third-order valence-electron chi connectivity index (χ3n) is 2.85. The molecule has 1 atom stereocenters. The molecule has 0 bridgehead atoms. The van der Waals surface area contributed by atoms with Gasteiger partial charge in [-0.1, -0.05) is 68.4 Å². The number of carbonyl (C=O) groups is 1. The van der Waals surface area contributed by atoms with Crippen LogP contribution in [0.15, 0.2) is 48.6 Å². The SMILES string of the molecule is CCCCCC=CCC(O)C=CC=CC=CCCC(=O)O. The Morgan fingerprint density at radius 2 is 1.76 bits per heavy atom. The summed E-state index contributed by atoms with van der Waals surface area (Å²) in [5, 5.41) is 18.1. The molecule has 0 fully saturated rings. The quantitative estimate of drug-likeness (QED) is 0.318. The number of unbranched alkanes of at least 4 members (excludes halogenated alkanes) is 3. The Hall–Kier alpha value is -1.61. The molecule has 118 valence electrons. The fourth-order valence-corrected chi connectivity index (χ4v) is 1.65. The molecule has 0 saturated heterocycles. The third kappa shape index (κ3) is 16.3. The lowest BCUT2D eigenvalue weighted by molar-refractivity contribution is -0.136. The first-order valence-electron chi connectivity index (χ1n) is 7.71. The molecule has 0 radical (unpaired) electrons. The molecule has 2 N–H and O–H groups in total. The van der Waals surface area contributed by atoms with Crippen LogP contribution in [0.3, 0.4) is 0 Å². The predicted octanol–water partition coefficient (Wildman–Crippen LogP) is 4.41. The Morgan fingerprint density at radius 1 is 1.00 bits per heavy atom. The third-order valence-corrected chi connectivity index (χ3v) is 2.85. The molecular weight excluding hydrogens is 264 g/mol. The fourth-order valence-electron chi connectivity index (χ4n) is 1.65. The van der Waals surface area contributed by atoms with Gasteiger partial charge in [-0.3, -0.25) is 4.79 Å². The first-order chi connectivity index (χ1) is 10.2. The van der Waals surface area contributed by atoms with Crippen molar-refractivity contribution >= 4 is 5.97 Å². The summed E-state index contributed by atoms with van der Waals surface area (Å²) in [7, 11) is 0. The molecule has 0 aromatic heterocycles. The van der Waals surface area contributed by atoms with E-state index in [0.717, 1.165) is 6.42 Å². The van der Waals surface area contributed by atoms with E-state index in [9.17, 15) is 9.90 Å². The van der Waals surface area contributed by atoms with Gasteiger partial charge in [0.15, 0.2) is 0 Å². The fraction of sp³-hybridized carbons (Fsp3) is 0.500. The van der Waals surface area contributed by atoms with Crippen LogP contribution < -0.4 is 0 Å². The van der Waals surface area contributed by atoms with E-state index in [-0.39, 0.29) is 6.42 Å². The zero-order valence-corrected chi connectivity index (χ0v) is 12.9. The number of rotatable bonds is 12. The van der Waals surface area contributed by atoms with Gasteiger partial charge in [0.25, 0.3) is 0 Å². The molecule has 0 heterocycles. The minimum Gasteiger partial charge on any atom is -0.481 e. The summed E-state index contributed by atoms with van der Waals surface area (Å²) >= 11 is 0. The maximum absolute atomic E-state index is 10.3. The lowest BCUT2D eigenvalue weighted by Crippen LogP contribution is -1.98. The van der Waals surface area contributed by atoms with Gasteiger partial charge in [0.1, 0.15) is 0 Å². The molecule has 0 saturated carbocycles. The summed E-state index contributed by atoms with van der Waals surface area (Å²) in [5.74, 6) is -0.783. The second kappa shape index (κ2) is 14.8. The highest BCUT2D eigenvalue weighted by molar-refractivity contribution is 5.66. The maximum Gasteiger partial charge on any atom is 0.303 e. The van der Waals surface area contributed by atoms with Crippen molar-refractivity contribution < 1.29 is 15.0 Å². The lowest BCUT2D eigenvalue weighted by atomic mass is 10.1. The molecule has 1 unspecified atom stereocenters. The van der Waals surface area contributed by atoms with Crippen molar-refractivity contribution in [2.24, 2.45) is 0 Å². The second-order valence-corrected chi connectivity index (χ2v) is 4.90. The molecule has 0 aromatic rings. The molecule has 0 aliphatic heterocycles. The van der Waals surface area contributed by atoms with Crippen LogP contribution in [0.5, 0.6) is 0 Å². The molecule has 0 aliphatic rings. The normalized spacial score (nSPS) is 14.0. The van der Waals surface area contributed by atoms with Crippen LogP contribution in [0.1, 0.15) is 51.9 Å². The van der Waals surface area contributed by atoms with E-state index >= 15 is 0 Å². The van der Waals surface area contributed by atoms with E-state index in [4.69, 9.17) is 5.11 Å². The lowest BCUT2D eigenvalue weighted by Gasteiger charge is -1.99. The van der Waals surface area contributed by atoms with Gasteiger partial charge < -0.3 is 10.2 Å². The highest BCUT2D eigenvalue weighted by Gasteiger charge is 1.93. The van der Waals surface area contributed by atoms with Crippen LogP contribution in [0.25, 0.3) is 0 Å². The molecule has 3 nitrogen and oxygen atoms in total. The van der Waals surface area contributed by atoms with E-state index < -0.39 is 12.1 Å². The van der Waals surface area contributed by atoms with Gasteiger partial charge in [-0.2, -0.15) is 0 Å². The first-order valence-corrected chi connectivity index (χ1v) is 7.71. The molecular formula is C18H28O3. The maximum atomic E-state index is 10.3. The van der Waals surface area contributed by atoms with Crippen molar-refractivity contribution in [3.8, 4) is 0 Å². The minimum atomic E-state index is -0.783. The molecule has 21 heavy (non-hydrogen) atoms. The second-order valence-electron chi connectivity index (χ2n) is 4.90. The van der Waals surface area contributed by atoms with Crippen LogP contribution in [-0.2, 0) is 4.79 Å². The molecule has 0 rings (SSSR count). The topological polar surface area (TPSA) is 57.5 Å². The van der Waals surface area contributed by atoms with Crippen LogP contribution in [0, 0.1) is 0 Å². The van der Waals surface area contributed by atoms with Crippen LogP contribution >= 0.6 is 0 Å². The monoisotopic (exact) mass is 292 g/mol. The van der Waals surface area contributed by atoms with Crippen LogP contribution in [0.2, 0.25) is 0 Å². The average molecular weight is 292 g/mol. The molecule has 3 heteroatoms. The standard InChI is InChI=1S/C18H28O3/c1-2-3-4-5-8-11-14-17(19)15-12-9-6-7-10-13-16-18(20)21/h6-12,15,17,19H,2-5,13-14,16H2,1H3,(H,20,21). The van der Waals surface area contributed by atoms with Gasteiger partial charge in [0.05, 0.1) is 6.10 Å². The predicted molar refractivity (Wildman–Crippen MR) is 88.2 cm³/mol. The summed E-state index contributed by atoms with van der Waals surface area (Å²) in [6, 6.07) is 0. The van der Waals surface area contributed by atoms with Crippen molar-refractivity contribution in [3.63, 3.8) is 0 Å². The van der Waals surface area contributed by atoms with E-state index in [1.807, 2.05) is 30.4 Å². The van der Waals surface area contributed by atoms with Crippen molar-refractivity contribution in [3.05, 3.63) is 48.6 Å². The molecule has 0 amide bonds. The Bertz CT molecular complexity index is 365. The summed E-state index contributed by atoms with van der Waals surface area (Å²) < 4.78 is 0. The van der Waals surface area contributed by atoms with Gasteiger partial charge in [-0.15, -0.1) is 0 Å².